The standard InChI is InChI=1S/C13H24FNO/c1-3-5-6-7-8-10-13(16)15-11-12(14)9-4-2/h9H,3-8,10-11H2,1-2H3,(H,15,16)/b12-9-. The lowest BCUT2D eigenvalue weighted by atomic mass is 10.1. The van der Waals surface area contributed by atoms with E-state index in [1.807, 2.05) is 6.92 Å². The molecule has 0 heterocycles. The predicted octanol–water partition coefficient (Wildman–Crippen LogP) is 3.73. The zero-order valence-corrected chi connectivity index (χ0v) is 10.5. The highest BCUT2D eigenvalue weighted by molar-refractivity contribution is 5.76. The molecule has 0 saturated carbocycles. The van der Waals surface area contributed by atoms with Crippen LogP contribution in [0.2, 0.25) is 0 Å². The Morgan fingerprint density at radius 1 is 1.19 bits per heavy atom. The summed E-state index contributed by atoms with van der Waals surface area (Å²) in [5.74, 6) is -0.294. The lowest BCUT2D eigenvalue weighted by Gasteiger charge is -2.03. The van der Waals surface area contributed by atoms with Gasteiger partial charge in [-0.1, -0.05) is 45.6 Å². The minimum atomic E-state index is -0.248. The first-order valence-electron chi connectivity index (χ1n) is 6.31. The Hall–Kier alpha value is -0.860. The quantitative estimate of drug-likeness (QED) is 0.600. The topological polar surface area (TPSA) is 29.1 Å². The van der Waals surface area contributed by atoms with Crippen LogP contribution in [0.4, 0.5) is 4.39 Å². The summed E-state index contributed by atoms with van der Waals surface area (Å²) in [6.45, 7) is 4.08. The first-order chi connectivity index (χ1) is 7.70. The van der Waals surface area contributed by atoms with Gasteiger partial charge in [0.2, 0.25) is 5.91 Å². The highest BCUT2D eigenvalue weighted by Crippen LogP contribution is 2.05. The van der Waals surface area contributed by atoms with Crippen LogP contribution in [0.1, 0.15) is 58.8 Å². The van der Waals surface area contributed by atoms with E-state index in [-0.39, 0.29) is 18.3 Å². The maximum atomic E-state index is 12.9. The van der Waals surface area contributed by atoms with E-state index in [2.05, 4.69) is 12.2 Å². The average Bonchev–Trinajstić information content (AvgIpc) is 2.26. The Balaban J connectivity index is 3.41. The fourth-order valence-corrected chi connectivity index (χ4v) is 1.45. The molecule has 0 aromatic rings. The third-order valence-electron chi connectivity index (χ3n) is 2.39. The zero-order chi connectivity index (χ0) is 12.2. The molecule has 1 N–H and O–H groups in total. The summed E-state index contributed by atoms with van der Waals surface area (Å²) in [6, 6.07) is 0. The van der Waals surface area contributed by atoms with Gasteiger partial charge in [0, 0.05) is 6.42 Å². The Labute approximate surface area is 98.3 Å². The van der Waals surface area contributed by atoms with Crippen LogP contribution in [0, 0.1) is 0 Å². The molecule has 0 atom stereocenters. The second kappa shape index (κ2) is 10.7. The molecule has 2 nitrogen and oxygen atoms in total. The maximum Gasteiger partial charge on any atom is 0.220 e. The van der Waals surface area contributed by atoms with E-state index in [0.717, 1.165) is 12.8 Å². The van der Waals surface area contributed by atoms with Crippen molar-refractivity contribution in [2.75, 3.05) is 6.54 Å². The molecule has 94 valence electrons. The van der Waals surface area contributed by atoms with Crippen molar-refractivity contribution in [3.8, 4) is 0 Å². The van der Waals surface area contributed by atoms with E-state index in [0.29, 0.717) is 12.8 Å². The number of hydrogen-bond acceptors (Lipinski definition) is 1. The summed E-state index contributed by atoms with van der Waals surface area (Å²) in [4.78, 5) is 11.3. The number of hydrogen-bond donors (Lipinski definition) is 1. The molecule has 0 fully saturated rings. The van der Waals surface area contributed by atoms with Crippen LogP contribution in [0.15, 0.2) is 11.9 Å². The summed E-state index contributed by atoms with van der Waals surface area (Å²) in [6.07, 6.45) is 8.30. The van der Waals surface area contributed by atoms with Gasteiger partial charge in [-0.05, 0) is 12.8 Å². The maximum absolute atomic E-state index is 12.9. The van der Waals surface area contributed by atoms with Gasteiger partial charge in [0.05, 0.1) is 6.54 Å². The largest absolute Gasteiger partial charge is 0.350 e. The molecule has 0 radical (unpaired) electrons. The molecule has 0 aliphatic heterocycles. The highest BCUT2D eigenvalue weighted by atomic mass is 19.1. The van der Waals surface area contributed by atoms with Crippen molar-refractivity contribution in [1.82, 2.24) is 5.32 Å². The summed E-state index contributed by atoms with van der Waals surface area (Å²) < 4.78 is 12.9. The molecule has 0 aromatic carbocycles. The third kappa shape index (κ3) is 9.69. The number of rotatable bonds is 9. The van der Waals surface area contributed by atoms with Crippen molar-refractivity contribution < 1.29 is 9.18 Å². The Morgan fingerprint density at radius 2 is 1.88 bits per heavy atom. The smallest absolute Gasteiger partial charge is 0.220 e. The van der Waals surface area contributed by atoms with Gasteiger partial charge in [-0.2, -0.15) is 0 Å². The molecule has 0 rings (SSSR count). The minimum Gasteiger partial charge on any atom is -0.350 e. The number of carbonyl (C=O) groups is 1. The molecule has 0 saturated heterocycles. The van der Waals surface area contributed by atoms with Gasteiger partial charge in [0.15, 0.2) is 0 Å². The van der Waals surface area contributed by atoms with Crippen LogP contribution >= 0.6 is 0 Å². The number of nitrogens with one attached hydrogen (secondary N) is 1. The number of carbonyl (C=O) groups excluding carboxylic acids is 1. The Morgan fingerprint density at radius 3 is 2.50 bits per heavy atom. The van der Waals surface area contributed by atoms with Crippen LogP contribution < -0.4 is 5.32 Å². The first-order valence-corrected chi connectivity index (χ1v) is 6.31. The molecule has 0 aliphatic rings. The zero-order valence-electron chi connectivity index (χ0n) is 10.5. The van der Waals surface area contributed by atoms with Crippen molar-refractivity contribution in [2.24, 2.45) is 0 Å². The SMILES string of the molecule is CC/C=C(\F)CNC(=O)CCCCCCC. The van der Waals surface area contributed by atoms with Gasteiger partial charge in [-0.25, -0.2) is 4.39 Å². The van der Waals surface area contributed by atoms with Crippen molar-refractivity contribution in [3.05, 3.63) is 11.9 Å². The Kier molecular flexibility index (Phi) is 10.1. The van der Waals surface area contributed by atoms with Gasteiger partial charge in [-0.15, -0.1) is 0 Å². The van der Waals surface area contributed by atoms with E-state index >= 15 is 0 Å². The predicted molar refractivity (Wildman–Crippen MR) is 65.9 cm³/mol. The van der Waals surface area contributed by atoms with Crippen LogP contribution in [0.3, 0.4) is 0 Å². The van der Waals surface area contributed by atoms with Gasteiger partial charge >= 0.3 is 0 Å². The van der Waals surface area contributed by atoms with Crippen LogP contribution in [0.5, 0.6) is 0 Å². The van der Waals surface area contributed by atoms with Crippen LogP contribution in [0.25, 0.3) is 0 Å². The number of halogens is 1. The fourth-order valence-electron chi connectivity index (χ4n) is 1.45. The first kappa shape index (κ1) is 15.1. The van der Waals surface area contributed by atoms with Crippen molar-refractivity contribution in [1.29, 1.82) is 0 Å². The van der Waals surface area contributed by atoms with Crippen molar-refractivity contribution in [2.45, 2.75) is 58.8 Å². The van der Waals surface area contributed by atoms with Gasteiger partial charge in [0.25, 0.3) is 0 Å². The molecule has 0 spiro atoms. The average molecular weight is 229 g/mol. The lowest BCUT2D eigenvalue weighted by Crippen LogP contribution is -2.24. The molecule has 3 heteroatoms. The van der Waals surface area contributed by atoms with Crippen LogP contribution in [-0.2, 0) is 4.79 Å². The number of unbranched alkanes of at least 4 members (excludes halogenated alkanes) is 4. The van der Waals surface area contributed by atoms with Crippen molar-refractivity contribution >= 4 is 5.91 Å². The second-order valence-electron chi connectivity index (χ2n) is 4.00. The molecule has 0 bridgehead atoms. The van der Waals surface area contributed by atoms with Crippen molar-refractivity contribution in [3.63, 3.8) is 0 Å². The minimum absolute atomic E-state index is 0.0433. The highest BCUT2D eigenvalue weighted by Gasteiger charge is 2.01. The van der Waals surface area contributed by atoms with E-state index in [9.17, 15) is 9.18 Å². The van der Waals surface area contributed by atoms with E-state index in [1.165, 1.54) is 25.3 Å². The molecular weight excluding hydrogens is 205 g/mol. The van der Waals surface area contributed by atoms with Gasteiger partial charge < -0.3 is 5.32 Å². The molecule has 0 aliphatic carbocycles. The number of amides is 1. The summed E-state index contributed by atoms with van der Waals surface area (Å²) in [5.41, 5.74) is 0. The fraction of sp³-hybridized carbons (Fsp3) is 0.769. The molecule has 16 heavy (non-hydrogen) atoms. The molecule has 1 amide bonds. The molecular formula is C13H24FNO. The van der Waals surface area contributed by atoms with E-state index in [1.54, 1.807) is 0 Å². The Bertz CT molecular complexity index is 214. The van der Waals surface area contributed by atoms with Crippen LogP contribution in [-0.4, -0.2) is 12.5 Å². The normalized spacial score (nSPS) is 11.6. The second-order valence-corrected chi connectivity index (χ2v) is 4.00. The summed E-state index contributed by atoms with van der Waals surface area (Å²) >= 11 is 0. The molecule has 0 aromatic heterocycles. The lowest BCUT2D eigenvalue weighted by molar-refractivity contribution is -0.121. The van der Waals surface area contributed by atoms with E-state index < -0.39 is 0 Å². The summed E-state index contributed by atoms with van der Waals surface area (Å²) in [7, 11) is 0. The third-order valence-corrected chi connectivity index (χ3v) is 2.39. The monoisotopic (exact) mass is 229 g/mol. The van der Waals surface area contributed by atoms with Gasteiger partial charge in [0.1, 0.15) is 5.83 Å². The van der Waals surface area contributed by atoms with E-state index in [4.69, 9.17) is 0 Å². The molecule has 0 unspecified atom stereocenters. The number of allylic oxidation sites excluding steroid dienone is 1. The summed E-state index contributed by atoms with van der Waals surface area (Å²) in [5, 5.41) is 2.58. The van der Waals surface area contributed by atoms with Gasteiger partial charge in [-0.3, -0.25) is 4.79 Å².